The predicted octanol–water partition coefficient (Wildman–Crippen LogP) is 2.91. The highest BCUT2D eigenvalue weighted by Crippen LogP contribution is 2.15. The minimum absolute atomic E-state index is 0.0302. The summed E-state index contributed by atoms with van der Waals surface area (Å²) in [5, 5.41) is 19.5. The highest BCUT2D eigenvalue weighted by atomic mass is 16.6. The third-order valence-electron chi connectivity index (χ3n) is 3.05. The van der Waals surface area contributed by atoms with Crippen molar-refractivity contribution in [3.05, 3.63) is 39.9 Å². The molecule has 0 heterocycles. The van der Waals surface area contributed by atoms with Crippen molar-refractivity contribution in [3.63, 3.8) is 0 Å². The number of hydrogen-bond donors (Lipinski definition) is 0. The Hall–Kier alpha value is -3.15. The van der Waals surface area contributed by atoms with E-state index in [9.17, 15) is 19.7 Å². The Morgan fingerprint density at radius 3 is 2.28 bits per heavy atom. The van der Waals surface area contributed by atoms with Gasteiger partial charge < -0.3 is 4.74 Å². The molecule has 134 valence electrons. The highest BCUT2D eigenvalue weighted by Gasteiger charge is 2.29. The fourth-order valence-electron chi connectivity index (χ4n) is 1.83. The highest BCUT2D eigenvalue weighted by molar-refractivity contribution is 5.91. The maximum absolute atomic E-state index is 12.2. The molecule has 25 heavy (non-hydrogen) atoms. The number of non-ortho nitro benzene ring substituents is 1. The summed E-state index contributed by atoms with van der Waals surface area (Å²) < 4.78 is 5.20. The lowest BCUT2D eigenvalue weighted by atomic mass is 10.1. The number of nitrogens with zero attached hydrogens (tertiary/aromatic N) is 4. The van der Waals surface area contributed by atoms with Gasteiger partial charge in [-0.15, -0.1) is 0 Å². The molecule has 0 unspecified atom stereocenters. The molecule has 9 nitrogen and oxygen atoms in total. The van der Waals surface area contributed by atoms with Crippen molar-refractivity contribution in [3.8, 4) is 6.19 Å². The summed E-state index contributed by atoms with van der Waals surface area (Å²) in [6, 6.07) is 4.97. The summed E-state index contributed by atoms with van der Waals surface area (Å²) in [5.74, 6) is 0. The number of nitro groups is 1. The maximum atomic E-state index is 12.2. The molecule has 0 bridgehead atoms. The van der Waals surface area contributed by atoms with Crippen LogP contribution in [0.4, 0.5) is 15.3 Å². The van der Waals surface area contributed by atoms with Crippen molar-refractivity contribution >= 4 is 17.8 Å². The number of benzene rings is 1. The fourth-order valence-corrected chi connectivity index (χ4v) is 1.83. The van der Waals surface area contributed by atoms with E-state index >= 15 is 0 Å². The second kappa shape index (κ2) is 8.10. The minimum atomic E-state index is -0.860. The topological polar surface area (TPSA) is 117 Å². The zero-order valence-corrected chi connectivity index (χ0v) is 14.6. The molecule has 0 aromatic heterocycles. The summed E-state index contributed by atoms with van der Waals surface area (Å²) in [4.78, 5) is 36.1. The third-order valence-corrected chi connectivity index (χ3v) is 3.05. The monoisotopic (exact) mass is 348 g/mol. The van der Waals surface area contributed by atoms with Gasteiger partial charge in [-0.3, -0.25) is 10.1 Å². The maximum Gasteiger partial charge on any atom is 0.418 e. The van der Waals surface area contributed by atoms with Crippen LogP contribution >= 0.6 is 0 Å². The van der Waals surface area contributed by atoms with Gasteiger partial charge in [-0.05, 0) is 32.8 Å². The van der Waals surface area contributed by atoms with Crippen LogP contribution < -0.4 is 0 Å². The number of nitro benzene ring substituents is 1. The molecule has 3 amide bonds. The normalized spacial score (nSPS) is 10.5. The lowest BCUT2D eigenvalue weighted by Gasteiger charge is -2.27. The third kappa shape index (κ3) is 6.10. The van der Waals surface area contributed by atoms with Crippen molar-refractivity contribution in [2.45, 2.75) is 32.8 Å². The van der Waals surface area contributed by atoms with Gasteiger partial charge in [-0.25, -0.2) is 19.4 Å². The molecule has 0 aliphatic carbocycles. The van der Waals surface area contributed by atoms with Crippen LogP contribution in [0.15, 0.2) is 24.3 Å². The summed E-state index contributed by atoms with van der Waals surface area (Å²) in [5.41, 5.74) is -0.145. The van der Waals surface area contributed by atoms with Crippen LogP contribution in [0.5, 0.6) is 0 Å². The zero-order valence-electron chi connectivity index (χ0n) is 14.6. The van der Waals surface area contributed by atoms with Gasteiger partial charge in [0, 0.05) is 25.7 Å². The van der Waals surface area contributed by atoms with E-state index in [1.807, 2.05) is 0 Å². The van der Waals surface area contributed by atoms with Crippen LogP contribution in [0.2, 0.25) is 0 Å². The van der Waals surface area contributed by atoms with Crippen LogP contribution in [-0.4, -0.2) is 46.0 Å². The molecule has 0 aliphatic rings. The first-order chi connectivity index (χ1) is 11.5. The summed E-state index contributed by atoms with van der Waals surface area (Å²) in [7, 11) is 1.24. The van der Waals surface area contributed by atoms with Gasteiger partial charge in [-0.1, -0.05) is 12.1 Å². The number of rotatable bonds is 4. The summed E-state index contributed by atoms with van der Waals surface area (Å²) in [6.07, 6.45) is 1.05. The second-order valence-electron chi connectivity index (χ2n) is 6.25. The first kappa shape index (κ1) is 19.9. The minimum Gasteiger partial charge on any atom is -0.443 e. The van der Waals surface area contributed by atoms with Crippen LogP contribution in [0, 0.1) is 21.6 Å². The van der Waals surface area contributed by atoms with Gasteiger partial charge in [0.2, 0.25) is 0 Å². The van der Waals surface area contributed by atoms with E-state index in [2.05, 4.69) is 0 Å². The smallest absolute Gasteiger partial charge is 0.418 e. The van der Waals surface area contributed by atoms with Crippen molar-refractivity contribution in [1.82, 2.24) is 9.80 Å². The Labute approximate surface area is 145 Å². The van der Waals surface area contributed by atoms with Gasteiger partial charge in [0.1, 0.15) is 5.60 Å². The fraction of sp³-hybridized carbons (Fsp3) is 0.438. The molecule has 1 rings (SSSR count). The zero-order chi connectivity index (χ0) is 19.2. The van der Waals surface area contributed by atoms with Crippen LogP contribution in [-0.2, 0) is 11.2 Å². The molecule has 0 atom stereocenters. The molecular weight excluding hydrogens is 328 g/mol. The van der Waals surface area contributed by atoms with E-state index in [0.29, 0.717) is 5.56 Å². The average molecular weight is 348 g/mol. The summed E-state index contributed by atoms with van der Waals surface area (Å²) in [6.45, 7) is 4.96. The van der Waals surface area contributed by atoms with Gasteiger partial charge in [-0.2, -0.15) is 5.26 Å². The molecule has 0 radical (unpaired) electrons. The Bertz CT molecular complexity index is 688. The molecule has 0 fully saturated rings. The van der Waals surface area contributed by atoms with Crippen molar-refractivity contribution in [2.75, 3.05) is 13.6 Å². The number of nitriles is 1. The molecule has 0 spiro atoms. The van der Waals surface area contributed by atoms with E-state index in [-0.39, 0.29) is 18.7 Å². The number of carbonyl (C=O) groups excluding carboxylic acids is 2. The number of hydrogen-bond acceptors (Lipinski definition) is 6. The molecule has 0 saturated carbocycles. The van der Waals surface area contributed by atoms with Crippen LogP contribution in [0.25, 0.3) is 0 Å². The Morgan fingerprint density at radius 1 is 1.28 bits per heavy atom. The molecule has 9 heteroatoms. The molecule has 0 N–H and O–H groups in total. The quantitative estimate of drug-likeness (QED) is 0.357. The SMILES string of the molecule is CN(C#N)C(=O)N(CCc1ccc([N+](=O)[O-])cc1)C(=O)OC(C)(C)C. The Balaban J connectivity index is 2.89. The molecule has 1 aromatic rings. The molecule has 1 aromatic carbocycles. The van der Waals surface area contributed by atoms with Crippen LogP contribution in [0.3, 0.4) is 0 Å². The lowest BCUT2D eigenvalue weighted by Crippen LogP contribution is -2.46. The number of imide groups is 1. The standard InChI is InChI=1S/C16H20N4O5/c1-16(2,3)25-15(22)19(14(21)18(4)11-17)10-9-12-5-7-13(8-6-12)20(23)24/h5-8H,9-10H2,1-4H3. The number of amides is 3. The van der Waals surface area contributed by atoms with Gasteiger partial charge in [0.15, 0.2) is 6.19 Å². The molecular formula is C16H20N4O5. The first-order valence-electron chi connectivity index (χ1n) is 7.46. The van der Waals surface area contributed by atoms with Crippen LogP contribution in [0.1, 0.15) is 26.3 Å². The van der Waals surface area contributed by atoms with Crippen molar-refractivity contribution in [2.24, 2.45) is 0 Å². The van der Waals surface area contributed by atoms with Gasteiger partial charge >= 0.3 is 12.1 Å². The van der Waals surface area contributed by atoms with Crippen molar-refractivity contribution in [1.29, 1.82) is 5.26 Å². The number of ether oxygens (including phenoxy) is 1. The number of urea groups is 1. The largest absolute Gasteiger partial charge is 0.443 e. The van der Waals surface area contributed by atoms with E-state index in [4.69, 9.17) is 10.00 Å². The molecule has 0 saturated heterocycles. The second-order valence-corrected chi connectivity index (χ2v) is 6.25. The number of carbonyl (C=O) groups is 2. The first-order valence-corrected chi connectivity index (χ1v) is 7.46. The van der Waals surface area contributed by atoms with E-state index in [1.54, 1.807) is 39.1 Å². The average Bonchev–Trinajstić information content (AvgIpc) is 2.52. The van der Waals surface area contributed by atoms with Gasteiger partial charge in [0.25, 0.3) is 5.69 Å². The summed E-state index contributed by atoms with van der Waals surface area (Å²) >= 11 is 0. The van der Waals surface area contributed by atoms with E-state index < -0.39 is 22.6 Å². The van der Waals surface area contributed by atoms with E-state index in [0.717, 1.165) is 9.80 Å². The lowest BCUT2D eigenvalue weighted by molar-refractivity contribution is -0.384. The predicted molar refractivity (Wildman–Crippen MR) is 88.5 cm³/mol. The molecule has 0 aliphatic heterocycles. The van der Waals surface area contributed by atoms with Gasteiger partial charge in [0.05, 0.1) is 4.92 Å². The Kier molecular flexibility index (Phi) is 6.45. The van der Waals surface area contributed by atoms with E-state index in [1.165, 1.54) is 19.2 Å². The van der Waals surface area contributed by atoms with Crippen molar-refractivity contribution < 1.29 is 19.2 Å². The Morgan fingerprint density at radius 2 is 1.84 bits per heavy atom.